The summed E-state index contributed by atoms with van der Waals surface area (Å²) in [5, 5.41) is 13.6. The van der Waals surface area contributed by atoms with E-state index in [1.807, 2.05) is 0 Å². The van der Waals surface area contributed by atoms with E-state index in [2.05, 4.69) is 10.3 Å². The zero-order valence-corrected chi connectivity index (χ0v) is 11.3. The predicted molar refractivity (Wildman–Crippen MR) is 76.9 cm³/mol. The number of nitrogens with two attached hydrogens (primary N) is 1. The van der Waals surface area contributed by atoms with Gasteiger partial charge in [-0.15, -0.1) is 0 Å². The van der Waals surface area contributed by atoms with Gasteiger partial charge >= 0.3 is 5.69 Å². The Morgan fingerprint density at radius 3 is 2.67 bits per heavy atom. The number of rotatable bonds is 5. The number of hydrogen-bond donors (Lipinski definition) is 2. The third-order valence-electron chi connectivity index (χ3n) is 2.45. The average molecular weight is 312 g/mol. The van der Waals surface area contributed by atoms with Crippen molar-refractivity contribution in [2.45, 2.75) is 10.7 Å². The SMILES string of the molecule is Nc1ccc([N+](=O)[O-])c(Nc2ccccc2SC(F)F)n1. The van der Waals surface area contributed by atoms with Gasteiger partial charge in [-0.25, -0.2) is 4.98 Å². The summed E-state index contributed by atoms with van der Waals surface area (Å²) >= 11 is 0.338. The van der Waals surface area contributed by atoms with Gasteiger partial charge in [0.15, 0.2) is 0 Å². The van der Waals surface area contributed by atoms with Gasteiger partial charge in [0, 0.05) is 11.0 Å². The first-order chi connectivity index (χ1) is 9.97. The number of anilines is 3. The van der Waals surface area contributed by atoms with Crippen molar-refractivity contribution in [3.63, 3.8) is 0 Å². The average Bonchev–Trinajstić information content (AvgIpc) is 2.40. The van der Waals surface area contributed by atoms with E-state index in [0.29, 0.717) is 17.4 Å². The molecule has 0 unspecified atom stereocenters. The molecule has 9 heteroatoms. The van der Waals surface area contributed by atoms with E-state index in [1.165, 1.54) is 24.3 Å². The number of nitro groups is 1. The van der Waals surface area contributed by atoms with Crippen molar-refractivity contribution >= 4 is 34.8 Å². The second-order valence-electron chi connectivity index (χ2n) is 3.86. The van der Waals surface area contributed by atoms with E-state index in [4.69, 9.17) is 5.73 Å². The highest BCUT2D eigenvalue weighted by Crippen LogP contribution is 2.35. The van der Waals surface area contributed by atoms with Crippen LogP contribution in [0.4, 0.5) is 31.8 Å². The first-order valence-corrected chi connectivity index (χ1v) is 6.57. The molecule has 6 nitrogen and oxygen atoms in total. The Morgan fingerprint density at radius 1 is 1.29 bits per heavy atom. The molecule has 21 heavy (non-hydrogen) atoms. The van der Waals surface area contributed by atoms with Crippen LogP contribution in [0.2, 0.25) is 0 Å². The minimum atomic E-state index is -2.60. The molecule has 1 aromatic heterocycles. The molecule has 3 N–H and O–H groups in total. The quantitative estimate of drug-likeness (QED) is 0.497. The molecular formula is C12H10F2N4O2S. The van der Waals surface area contributed by atoms with Gasteiger partial charge in [-0.1, -0.05) is 23.9 Å². The Bertz CT molecular complexity index is 669. The second-order valence-corrected chi connectivity index (χ2v) is 4.89. The fourth-order valence-corrected chi connectivity index (χ4v) is 2.20. The summed E-state index contributed by atoms with van der Waals surface area (Å²) < 4.78 is 25.0. The van der Waals surface area contributed by atoms with Crippen LogP contribution in [-0.2, 0) is 0 Å². The lowest BCUT2D eigenvalue weighted by atomic mass is 10.3. The molecule has 0 amide bonds. The summed E-state index contributed by atoms with van der Waals surface area (Å²) in [6.07, 6.45) is 0. The number of para-hydroxylation sites is 1. The summed E-state index contributed by atoms with van der Waals surface area (Å²) in [5.74, 6) is -2.61. The van der Waals surface area contributed by atoms with Gasteiger partial charge in [-0.05, 0) is 18.2 Å². The number of alkyl halides is 2. The summed E-state index contributed by atoms with van der Waals surface area (Å²) in [7, 11) is 0. The van der Waals surface area contributed by atoms with Crippen LogP contribution in [0.3, 0.4) is 0 Å². The number of thioether (sulfide) groups is 1. The molecule has 0 aliphatic carbocycles. The summed E-state index contributed by atoms with van der Waals surface area (Å²) in [6, 6.07) is 8.72. The summed E-state index contributed by atoms with van der Waals surface area (Å²) in [4.78, 5) is 14.4. The first-order valence-electron chi connectivity index (χ1n) is 5.69. The maximum atomic E-state index is 12.5. The minimum absolute atomic E-state index is 0.0853. The fourth-order valence-electron chi connectivity index (χ4n) is 1.60. The standard InChI is InChI=1S/C12H10F2N4O2S/c13-12(14)21-9-4-2-1-3-7(9)16-11-8(18(19)20)5-6-10(15)17-11/h1-6,12H,(H3,15,16,17). The molecule has 0 bridgehead atoms. The molecular weight excluding hydrogens is 302 g/mol. The van der Waals surface area contributed by atoms with Crippen molar-refractivity contribution in [1.82, 2.24) is 4.98 Å². The van der Waals surface area contributed by atoms with E-state index >= 15 is 0 Å². The first kappa shape index (κ1) is 15.0. The number of pyridine rings is 1. The van der Waals surface area contributed by atoms with Crippen molar-refractivity contribution in [1.29, 1.82) is 0 Å². The number of nitrogens with one attached hydrogen (secondary N) is 1. The maximum absolute atomic E-state index is 12.5. The van der Waals surface area contributed by atoms with Gasteiger partial charge in [0.25, 0.3) is 5.76 Å². The van der Waals surface area contributed by atoms with Crippen LogP contribution in [-0.4, -0.2) is 15.7 Å². The topological polar surface area (TPSA) is 94.1 Å². The molecule has 110 valence electrons. The Kier molecular flexibility index (Phi) is 4.53. The van der Waals surface area contributed by atoms with Gasteiger partial charge in [-0.3, -0.25) is 10.1 Å². The molecule has 0 fully saturated rings. The van der Waals surface area contributed by atoms with Crippen molar-refractivity contribution in [3.8, 4) is 0 Å². The molecule has 0 aliphatic heterocycles. The monoisotopic (exact) mass is 312 g/mol. The molecule has 0 aliphatic rings. The lowest BCUT2D eigenvalue weighted by Gasteiger charge is -2.11. The van der Waals surface area contributed by atoms with Crippen LogP contribution in [0.25, 0.3) is 0 Å². The number of benzene rings is 1. The lowest BCUT2D eigenvalue weighted by Crippen LogP contribution is -2.03. The Balaban J connectivity index is 2.38. The van der Waals surface area contributed by atoms with E-state index in [9.17, 15) is 18.9 Å². The van der Waals surface area contributed by atoms with Crippen molar-refractivity contribution in [2.24, 2.45) is 0 Å². The predicted octanol–water partition coefficient (Wildman–Crippen LogP) is 3.63. The van der Waals surface area contributed by atoms with Gasteiger partial charge < -0.3 is 11.1 Å². The Morgan fingerprint density at radius 2 is 2.00 bits per heavy atom. The van der Waals surface area contributed by atoms with Gasteiger partial charge in [0.05, 0.1) is 10.6 Å². The highest BCUT2D eigenvalue weighted by Gasteiger charge is 2.17. The summed E-state index contributed by atoms with van der Waals surface area (Å²) in [5.41, 5.74) is 5.51. The second kappa shape index (κ2) is 6.35. The number of aromatic nitrogens is 1. The maximum Gasteiger partial charge on any atom is 0.311 e. The number of hydrogen-bond acceptors (Lipinski definition) is 6. The highest BCUT2D eigenvalue weighted by atomic mass is 32.2. The van der Waals surface area contributed by atoms with E-state index in [0.717, 1.165) is 0 Å². The third-order valence-corrected chi connectivity index (χ3v) is 3.24. The van der Waals surface area contributed by atoms with Gasteiger partial charge in [-0.2, -0.15) is 8.78 Å². The van der Waals surface area contributed by atoms with Crippen LogP contribution >= 0.6 is 11.8 Å². The molecule has 0 atom stereocenters. The van der Waals surface area contributed by atoms with Gasteiger partial charge in [0.2, 0.25) is 5.82 Å². The van der Waals surface area contributed by atoms with E-state index in [-0.39, 0.29) is 22.2 Å². The van der Waals surface area contributed by atoms with Crippen molar-refractivity contribution < 1.29 is 13.7 Å². The van der Waals surface area contributed by atoms with Crippen LogP contribution in [0, 0.1) is 10.1 Å². The molecule has 0 saturated heterocycles. The lowest BCUT2D eigenvalue weighted by molar-refractivity contribution is -0.384. The van der Waals surface area contributed by atoms with Crippen LogP contribution < -0.4 is 11.1 Å². The molecule has 0 radical (unpaired) electrons. The zero-order valence-electron chi connectivity index (χ0n) is 10.5. The van der Waals surface area contributed by atoms with Crippen LogP contribution in [0.5, 0.6) is 0 Å². The number of nitrogens with zero attached hydrogens (tertiary/aromatic N) is 2. The largest absolute Gasteiger partial charge is 0.384 e. The van der Waals surface area contributed by atoms with Gasteiger partial charge in [0.1, 0.15) is 5.82 Å². The Hall–Kier alpha value is -2.42. The van der Waals surface area contributed by atoms with Crippen molar-refractivity contribution in [3.05, 3.63) is 46.5 Å². The van der Waals surface area contributed by atoms with Crippen LogP contribution in [0.15, 0.2) is 41.3 Å². The summed E-state index contributed by atoms with van der Waals surface area (Å²) in [6.45, 7) is 0. The van der Waals surface area contributed by atoms with E-state index in [1.54, 1.807) is 12.1 Å². The van der Waals surface area contributed by atoms with Crippen LogP contribution in [0.1, 0.15) is 0 Å². The third kappa shape index (κ3) is 3.78. The smallest absolute Gasteiger partial charge is 0.311 e. The molecule has 0 saturated carbocycles. The molecule has 1 aromatic carbocycles. The number of nitrogen functional groups attached to an aromatic ring is 1. The normalized spacial score (nSPS) is 10.6. The molecule has 2 aromatic rings. The van der Waals surface area contributed by atoms with Crippen molar-refractivity contribution in [2.75, 3.05) is 11.1 Å². The fraction of sp³-hybridized carbons (Fsp3) is 0.0833. The highest BCUT2D eigenvalue weighted by molar-refractivity contribution is 7.99. The molecule has 0 spiro atoms. The minimum Gasteiger partial charge on any atom is -0.384 e. The molecule has 1 heterocycles. The zero-order chi connectivity index (χ0) is 15.4. The molecule has 2 rings (SSSR count). The number of halogens is 2. The van der Waals surface area contributed by atoms with E-state index < -0.39 is 10.7 Å². The Labute approximate surface area is 122 Å².